The molecule has 23 heteroatoms. The van der Waals surface area contributed by atoms with Crippen molar-refractivity contribution in [2.75, 3.05) is 77.9 Å². The average Bonchev–Trinajstić information content (AvgIpc) is 1.83. The third-order valence-corrected chi connectivity index (χ3v) is 17.9. The van der Waals surface area contributed by atoms with Crippen LogP contribution in [0, 0.1) is 0 Å². The lowest BCUT2D eigenvalue weighted by Crippen LogP contribution is -2.13. The topological polar surface area (TPSA) is 289 Å². The fraction of sp³-hybridized carbons (Fsp3) is 0.181. The van der Waals surface area contributed by atoms with Crippen LogP contribution in [0.15, 0.2) is 293 Å². The number of aromatic amines is 1. The first kappa shape index (κ1) is 83.8. The van der Waals surface area contributed by atoms with Crippen LogP contribution in [0.4, 0.5) is 17.1 Å². The number of hydrogen-bond donors (Lipinski definition) is 4. The molecule has 13 aromatic rings. The van der Waals surface area contributed by atoms with Gasteiger partial charge in [0.05, 0.1) is 11.9 Å². The molecule has 23 nitrogen and oxygen atoms in total. The van der Waals surface area contributed by atoms with Gasteiger partial charge in [0.2, 0.25) is 23.6 Å². The third kappa shape index (κ3) is 28.5. The largest absolute Gasteiger partial charge is 0.437 e. The van der Waals surface area contributed by atoms with E-state index in [-0.39, 0.29) is 47.9 Å². The lowest BCUT2D eigenvalue weighted by atomic mass is 9.99. The smallest absolute Gasteiger partial charge is 0.248 e. The van der Waals surface area contributed by atoms with E-state index in [2.05, 4.69) is 84.0 Å². The Labute approximate surface area is 680 Å². The predicted molar refractivity (Wildman–Crippen MR) is 456 cm³/mol. The van der Waals surface area contributed by atoms with E-state index in [1.165, 1.54) is 24.6 Å². The van der Waals surface area contributed by atoms with E-state index in [1.807, 2.05) is 173 Å². The van der Waals surface area contributed by atoms with Gasteiger partial charge >= 0.3 is 0 Å². The number of amides is 3. The number of nitrogens with one attached hydrogen (secondary N) is 4. The summed E-state index contributed by atoms with van der Waals surface area (Å²) in [5, 5.41) is 9.51. The van der Waals surface area contributed by atoms with Crippen molar-refractivity contribution in [3.05, 3.63) is 382 Å². The van der Waals surface area contributed by atoms with Crippen molar-refractivity contribution in [1.82, 2.24) is 64.5 Å². The van der Waals surface area contributed by atoms with E-state index >= 15 is 0 Å². The van der Waals surface area contributed by atoms with E-state index in [4.69, 9.17) is 4.74 Å². The standard InChI is InChI=1S/C33H32N6O2.C31H31N5O2.C30H29N5O3/c1-39(2)14-4-7-32(41)38-28-10-8-26(9-11-28)31(40)19-24-6-3-5-23(15-24)17-29-20-30(37-22-36-29)18-25-16-27-12-13-34-33(27)35-21-25;1-36(2)15-5-9-31(38)35-27-12-10-26(11-13-27)30(37)19-24-7-3-6-23(16-24)17-28-20-29(34-22-33-28)18-25-8-4-14-32-21-25;1-35(2)15-5-9-29(37)34-25-12-10-24(11-13-25)28(36)18-23-7-3-6-22(16-23)17-26-19-30(33-21-32-26)38-27-8-4-14-31-20-27/h3-13,15-16,20-22H,14,17-19H2,1-2H3,(H,34,35)(H,38,41);3-14,16,20-22H,15,17-19H2,1-2H3,(H,35,38);3-14,16,19-21H,15,17-18H2,1-2H3,(H,34,37)/b7-4+;2*9-5+. The van der Waals surface area contributed by atoms with E-state index < -0.39 is 0 Å². The summed E-state index contributed by atoms with van der Waals surface area (Å²) in [4.78, 5) is 123. The maximum Gasteiger partial charge on any atom is 0.248 e. The number of nitrogens with zero attached hydrogens (tertiary/aromatic N) is 12. The van der Waals surface area contributed by atoms with Crippen LogP contribution in [0.25, 0.3) is 11.0 Å². The number of benzene rings is 6. The lowest BCUT2D eigenvalue weighted by molar-refractivity contribution is -0.112. The number of rotatable bonds is 33. The maximum absolute atomic E-state index is 13.0. The molecule has 0 atom stereocenters. The van der Waals surface area contributed by atoms with Crippen molar-refractivity contribution >= 4 is 63.2 Å². The average molecular weight is 1560 g/mol. The molecule has 0 aliphatic heterocycles. The molecule has 13 rings (SSSR count). The highest BCUT2D eigenvalue weighted by Gasteiger charge is 2.15. The van der Waals surface area contributed by atoms with Crippen LogP contribution in [-0.4, -0.2) is 162 Å². The minimum Gasteiger partial charge on any atom is -0.437 e. The van der Waals surface area contributed by atoms with Crippen LogP contribution in [-0.2, 0) is 65.8 Å². The number of carbonyl (C=O) groups is 6. The number of carbonyl (C=O) groups excluding carboxylic acids is 6. The first-order chi connectivity index (χ1) is 56.8. The van der Waals surface area contributed by atoms with E-state index in [0.29, 0.717) is 104 Å². The van der Waals surface area contributed by atoms with Gasteiger partial charge < -0.3 is 40.4 Å². The zero-order chi connectivity index (χ0) is 82.1. The molecule has 0 saturated heterocycles. The number of H-pyrrole nitrogens is 1. The van der Waals surface area contributed by atoms with Gasteiger partial charge in [0.25, 0.3) is 0 Å². The van der Waals surface area contributed by atoms with Gasteiger partial charge in [-0.05, 0) is 202 Å². The highest BCUT2D eigenvalue weighted by atomic mass is 16.5. The molecule has 7 heterocycles. The van der Waals surface area contributed by atoms with Crippen LogP contribution < -0.4 is 20.7 Å². The number of aromatic nitrogens is 10. The van der Waals surface area contributed by atoms with Gasteiger partial charge in [0, 0.05) is 188 Å². The fourth-order valence-electron chi connectivity index (χ4n) is 12.3. The molecule has 0 fully saturated rings. The molecule has 0 unspecified atom stereocenters. The summed E-state index contributed by atoms with van der Waals surface area (Å²) in [7, 11) is 11.6. The van der Waals surface area contributed by atoms with Gasteiger partial charge in [-0.25, -0.2) is 34.9 Å². The molecule has 7 aromatic heterocycles. The monoisotopic (exact) mass is 1560 g/mol. The molecule has 0 saturated carbocycles. The number of Topliss-reactive ketones (excluding diaryl/α,β-unsaturated/α-hetero) is 3. The number of pyridine rings is 3. The van der Waals surface area contributed by atoms with Crippen LogP contribution >= 0.6 is 0 Å². The quantitative estimate of drug-likeness (QED) is 0.0219. The van der Waals surface area contributed by atoms with E-state index in [1.54, 1.807) is 134 Å². The Balaban J connectivity index is 0.000000173. The normalized spacial score (nSPS) is 11.2. The van der Waals surface area contributed by atoms with Crippen LogP contribution in [0.2, 0.25) is 0 Å². The van der Waals surface area contributed by atoms with Crippen molar-refractivity contribution in [2.45, 2.75) is 51.4 Å². The van der Waals surface area contributed by atoms with Gasteiger partial charge in [-0.3, -0.25) is 38.7 Å². The van der Waals surface area contributed by atoms with Crippen LogP contribution in [0.5, 0.6) is 11.6 Å². The van der Waals surface area contributed by atoms with Crippen molar-refractivity contribution in [3.63, 3.8) is 0 Å². The molecule has 0 spiro atoms. The van der Waals surface area contributed by atoms with Gasteiger partial charge in [0.1, 0.15) is 30.4 Å². The minimum absolute atomic E-state index is 0.0000910. The fourth-order valence-corrected chi connectivity index (χ4v) is 12.3. The zero-order valence-electron chi connectivity index (χ0n) is 66.2. The number of hydrogen-bond acceptors (Lipinski definition) is 19. The lowest BCUT2D eigenvalue weighted by Gasteiger charge is -2.08. The number of ketones is 3. The van der Waals surface area contributed by atoms with Gasteiger partial charge in [-0.15, -0.1) is 0 Å². The van der Waals surface area contributed by atoms with Gasteiger partial charge in [-0.2, -0.15) is 0 Å². The Bertz CT molecular complexity index is 5360. The number of likely N-dealkylation sites (N-methyl/N-ethyl adjacent to an activating group) is 3. The summed E-state index contributed by atoms with van der Waals surface area (Å²) in [6.07, 6.45) is 29.3. The molecule has 0 aliphatic rings. The SMILES string of the molecule is CN(C)C/C=C/C(=O)Nc1ccc(C(=O)Cc2cccc(Cc3cc(Cc4cccnc4)ncn3)c2)cc1.CN(C)C/C=C/C(=O)Nc1ccc(C(=O)Cc2cccc(Cc3cc(Cc4cnc5[nH]ccc5c4)ncn3)c2)cc1.CN(C)C/C=C/C(=O)Nc1ccc(C(=O)Cc2cccc(Cc3cc(Oc4cccnc4)ncn3)c2)cc1. The molecule has 6 aromatic carbocycles. The molecular formula is C94H92N16O7. The van der Waals surface area contributed by atoms with Crippen LogP contribution in [0.3, 0.4) is 0 Å². The second-order valence-electron chi connectivity index (χ2n) is 28.6. The Morgan fingerprint density at radius 1 is 0.359 bits per heavy atom. The predicted octanol–water partition coefficient (Wildman–Crippen LogP) is 14.3. The maximum atomic E-state index is 13.0. The summed E-state index contributed by atoms with van der Waals surface area (Å²) in [6, 6.07) is 62.4. The summed E-state index contributed by atoms with van der Waals surface area (Å²) < 4.78 is 5.75. The molecule has 0 bridgehead atoms. The van der Waals surface area contributed by atoms with Crippen molar-refractivity contribution in [2.24, 2.45) is 0 Å². The third-order valence-electron chi connectivity index (χ3n) is 17.9. The first-order valence-electron chi connectivity index (χ1n) is 38.1. The highest BCUT2D eigenvalue weighted by molar-refractivity contribution is 6.03. The number of anilines is 3. The Morgan fingerprint density at radius 3 is 1.12 bits per heavy atom. The molecule has 3 amide bonds. The second kappa shape index (κ2) is 43.2. The second-order valence-corrected chi connectivity index (χ2v) is 28.6. The van der Waals surface area contributed by atoms with Crippen molar-refractivity contribution < 1.29 is 33.5 Å². The van der Waals surface area contributed by atoms with Gasteiger partial charge in [-0.1, -0.05) is 97.1 Å². The van der Waals surface area contributed by atoms with Crippen molar-refractivity contribution in [3.8, 4) is 11.6 Å². The first-order valence-corrected chi connectivity index (χ1v) is 38.1. The number of fused-ring (bicyclic) bond motifs is 1. The number of ether oxygens (including phenoxy) is 1. The Hall–Kier alpha value is -14.1. The molecule has 117 heavy (non-hydrogen) atoms. The molecule has 0 aliphatic carbocycles. The molecule has 0 radical (unpaired) electrons. The van der Waals surface area contributed by atoms with E-state index in [9.17, 15) is 28.8 Å². The zero-order valence-corrected chi connectivity index (χ0v) is 66.2. The molecular weight excluding hydrogens is 1470 g/mol. The Kier molecular flexibility index (Phi) is 31.0. The van der Waals surface area contributed by atoms with Crippen molar-refractivity contribution in [1.29, 1.82) is 0 Å². The summed E-state index contributed by atoms with van der Waals surface area (Å²) in [5.41, 5.74) is 17.3. The van der Waals surface area contributed by atoms with Gasteiger partial charge in [0.15, 0.2) is 17.3 Å². The molecule has 590 valence electrons. The van der Waals surface area contributed by atoms with E-state index in [0.717, 1.165) is 84.0 Å². The molecule has 4 N–H and O–H groups in total. The minimum atomic E-state index is -0.206. The summed E-state index contributed by atoms with van der Waals surface area (Å²) in [5.74, 6) is 0.477. The summed E-state index contributed by atoms with van der Waals surface area (Å²) in [6.45, 7) is 2.06. The highest BCUT2D eigenvalue weighted by Crippen LogP contribution is 2.24. The summed E-state index contributed by atoms with van der Waals surface area (Å²) >= 11 is 0. The Morgan fingerprint density at radius 2 is 0.726 bits per heavy atom. The van der Waals surface area contributed by atoms with Crippen LogP contribution in [0.1, 0.15) is 104 Å².